The van der Waals surface area contributed by atoms with Gasteiger partial charge >= 0.3 is 0 Å². The maximum absolute atomic E-state index is 5.50. The van der Waals surface area contributed by atoms with Crippen molar-refractivity contribution in [2.45, 2.75) is 26.7 Å². The molecule has 0 saturated carbocycles. The van der Waals surface area contributed by atoms with Crippen molar-refractivity contribution < 1.29 is 4.74 Å². The Kier molecular flexibility index (Phi) is 3.83. The van der Waals surface area contributed by atoms with Gasteiger partial charge in [-0.2, -0.15) is 0 Å². The summed E-state index contributed by atoms with van der Waals surface area (Å²) in [6, 6.07) is 6.47. The minimum atomic E-state index is 0.741. The summed E-state index contributed by atoms with van der Waals surface area (Å²) >= 11 is 0. The van der Waals surface area contributed by atoms with E-state index in [1.807, 2.05) is 6.92 Å². The third kappa shape index (κ3) is 2.76. The zero-order valence-corrected chi connectivity index (χ0v) is 10.3. The van der Waals surface area contributed by atoms with E-state index < -0.39 is 0 Å². The van der Waals surface area contributed by atoms with Gasteiger partial charge in [-0.05, 0) is 69.0 Å². The van der Waals surface area contributed by atoms with Crippen molar-refractivity contribution in [2.75, 3.05) is 19.7 Å². The highest BCUT2D eigenvalue weighted by Gasteiger charge is 2.15. The van der Waals surface area contributed by atoms with Crippen LogP contribution < -0.4 is 10.1 Å². The Hall–Kier alpha value is -1.02. The first kappa shape index (κ1) is 11.5. The fraction of sp³-hybridized carbons (Fsp3) is 0.571. The molecule has 2 heteroatoms. The Morgan fingerprint density at radius 2 is 2.31 bits per heavy atom. The average molecular weight is 219 g/mol. The zero-order valence-electron chi connectivity index (χ0n) is 10.3. The van der Waals surface area contributed by atoms with Crippen LogP contribution in [0, 0.1) is 12.8 Å². The van der Waals surface area contributed by atoms with E-state index in [1.165, 1.54) is 37.1 Å². The molecule has 0 aliphatic carbocycles. The van der Waals surface area contributed by atoms with Crippen molar-refractivity contribution >= 4 is 0 Å². The number of nitrogens with one attached hydrogen (secondary N) is 1. The second kappa shape index (κ2) is 5.35. The van der Waals surface area contributed by atoms with Crippen LogP contribution in [-0.4, -0.2) is 19.7 Å². The molecule has 2 rings (SSSR count). The first-order valence-corrected chi connectivity index (χ1v) is 6.22. The summed E-state index contributed by atoms with van der Waals surface area (Å²) in [4.78, 5) is 0. The Labute approximate surface area is 98.0 Å². The summed E-state index contributed by atoms with van der Waals surface area (Å²) in [6.45, 7) is 7.30. The number of ether oxygens (including phenoxy) is 1. The van der Waals surface area contributed by atoms with Gasteiger partial charge in [0.2, 0.25) is 0 Å². The van der Waals surface area contributed by atoms with Crippen molar-refractivity contribution in [1.82, 2.24) is 5.32 Å². The molecule has 1 fully saturated rings. The van der Waals surface area contributed by atoms with Crippen LogP contribution in [-0.2, 0) is 6.42 Å². The topological polar surface area (TPSA) is 21.3 Å². The molecule has 0 spiro atoms. The van der Waals surface area contributed by atoms with Gasteiger partial charge in [0, 0.05) is 0 Å². The molecule has 1 aromatic rings. The number of rotatable bonds is 4. The van der Waals surface area contributed by atoms with E-state index in [-0.39, 0.29) is 0 Å². The highest BCUT2D eigenvalue weighted by molar-refractivity contribution is 5.35. The third-order valence-corrected chi connectivity index (χ3v) is 3.30. The molecule has 1 aromatic carbocycles. The van der Waals surface area contributed by atoms with Gasteiger partial charge < -0.3 is 10.1 Å². The van der Waals surface area contributed by atoms with Gasteiger partial charge in [-0.1, -0.05) is 6.07 Å². The fourth-order valence-electron chi connectivity index (χ4n) is 2.35. The van der Waals surface area contributed by atoms with E-state index in [0.29, 0.717) is 0 Å². The van der Waals surface area contributed by atoms with Crippen LogP contribution in [0.2, 0.25) is 0 Å². The first-order valence-electron chi connectivity index (χ1n) is 6.22. The van der Waals surface area contributed by atoms with Gasteiger partial charge in [-0.15, -0.1) is 0 Å². The minimum absolute atomic E-state index is 0.741. The van der Waals surface area contributed by atoms with Crippen LogP contribution in [0.1, 0.15) is 24.5 Å². The minimum Gasteiger partial charge on any atom is -0.494 e. The molecule has 16 heavy (non-hydrogen) atoms. The number of aryl methyl sites for hydroxylation is 1. The third-order valence-electron chi connectivity index (χ3n) is 3.30. The van der Waals surface area contributed by atoms with E-state index in [9.17, 15) is 0 Å². The highest BCUT2D eigenvalue weighted by Crippen LogP contribution is 2.22. The Morgan fingerprint density at radius 1 is 1.44 bits per heavy atom. The molecule has 0 bridgehead atoms. The van der Waals surface area contributed by atoms with Crippen LogP contribution in [0.25, 0.3) is 0 Å². The van der Waals surface area contributed by atoms with Crippen molar-refractivity contribution in [3.8, 4) is 5.75 Å². The van der Waals surface area contributed by atoms with Crippen molar-refractivity contribution in [2.24, 2.45) is 5.92 Å². The van der Waals surface area contributed by atoms with Crippen LogP contribution in [0.4, 0.5) is 0 Å². The van der Waals surface area contributed by atoms with Gasteiger partial charge in [-0.3, -0.25) is 0 Å². The average Bonchev–Trinajstić information content (AvgIpc) is 2.75. The molecule has 88 valence electrons. The largest absolute Gasteiger partial charge is 0.494 e. The molecule has 0 aromatic heterocycles. The summed E-state index contributed by atoms with van der Waals surface area (Å²) in [5, 5.41) is 3.42. The summed E-state index contributed by atoms with van der Waals surface area (Å²) in [7, 11) is 0. The maximum Gasteiger partial charge on any atom is 0.119 e. The van der Waals surface area contributed by atoms with Gasteiger partial charge in [0.1, 0.15) is 5.75 Å². The van der Waals surface area contributed by atoms with E-state index in [0.717, 1.165) is 18.3 Å². The number of hydrogen-bond donors (Lipinski definition) is 1. The second-order valence-corrected chi connectivity index (χ2v) is 4.58. The van der Waals surface area contributed by atoms with Crippen LogP contribution in [0.5, 0.6) is 5.75 Å². The van der Waals surface area contributed by atoms with Crippen LogP contribution in [0.3, 0.4) is 0 Å². The van der Waals surface area contributed by atoms with Crippen LogP contribution in [0.15, 0.2) is 18.2 Å². The van der Waals surface area contributed by atoms with Gasteiger partial charge in [-0.25, -0.2) is 0 Å². The number of benzene rings is 1. The maximum atomic E-state index is 5.50. The van der Waals surface area contributed by atoms with Crippen molar-refractivity contribution in [1.29, 1.82) is 0 Å². The molecular formula is C14H21NO. The zero-order chi connectivity index (χ0) is 11.4. The lowest BCUT2D eigenvalue weighted by molar-refractivity contribution is 0.340. The summed E-state index contributed by atoms with van der Waals surface area (Å²) in [5.74, 6) is 1.81. The van der Waals surface area contributed by atoms with Gasteiger partial charge in [0.15, 0.2) is 0 Å². The standard InChI is InChI=1S/C14H21NO/c1-3-16-14-5-4-13(11(2)8-14)9-12-6-7-15-10-12/h4-5,8,12,15H,3,6-7,9-10H2,1-2H3. The lowest BCUT2D eigenvalue weighted by atomic mass is 9.95. The molecule has 1 aliphatic heterocycles. The first-order chi connectivity index (χ1) is 7.79. The smallest absolute Gasteiger partial charge is 0.119 e. The normalized spacial score (nSPS) is 20.0. The molecule has 1 heterocycles. The second-order valence-electron chi connectivity index (χ2n) is 4.58. The molecule has 0 radical (unpaired) electrons. The molecule has 1 atom stereocenters. The predicted molar refractivity (Wildman–Crippen MR) is 67.0 cm³/mol. The molecular weight excluding hydrogens is 198 g/mol. The van der Waals surface area contributed by atoms with E-state index in [1.54, 1.807) is 0 Å². The molecule has 2 nitrogen and oxygen atoms in total. The molecule has 0 amide bonds. The van der Waals surface area contributed by atoms with Gasteiger partial charge in [0.05, 0.1) is 6.61 Å². The fourth-order valence-corrected chi connectivity index (χ4v) is 2.35. The molecule has 1 aliphatic rings. The Bertz CT molecular complexity index is 343. The highest BCUT2D eigenvalue weighted by atomic mass is 16.5. The monoisotopic (exact) mass is 219 g/mol. The molecule has 1 saturated heterocycles. The molecule has 1 N–H and O–H groups in total. The van der Waals surface area contributed by atoms with Crippen molar-refractivity contribution in [3.63, 3.8) is 0 Å². The van der Waals surface area contributed by atoms with E-state index >= 15 is 0 Å². The summed E-state index contributed by atoms with van der Waals surface area (Å²) in [5.41, 5.74) is 2.83. The lowest BCUT2D eigenvalue weighted by Crippen LogP contribution is -2.11. The Balaban J connectivity index is 2.03. The van der Waals surface area contributed by atoms with Crippen molar-refractivity contribution in [3.05, 3.63) is 29.3 Å². The van der Waals surface area contributed by atoms with Crippen LogP contribution >= 0.6 is 0 Å². The van der Waals surface area contributed by atoms with E-state index in [2.05, 4.69) is 30.4 Å². The number of hydrogen-bond acceptors (Lipinski definition) is 2. The summed E-state index contributed by atoms with van der Waals surface area (Å²) in [6.07, 6.45) is 2.51. The Morgan fingerprint density at radius 3 is 2.94 bits per heavy atom. The predicted octanol–water partition coefficient (Wildman–Crippen LogP) is 2.55. The van der Waals surface area contributed by atoms with E-state index in [4.69, 9.17) is 4.74 Å². The summed E-state index contributed by atoms with van der Waals surface area (Å²) < 4.78 is 5.50. The molecule has 1 unspecified atom stereocenters. The van der Waals surface area contributed by atoms with Gasteiger partial charge in [0.25, 0.3) is 0 Å². The quantitative estimate of drug-likeness (QED) is 0.840. The lowest BCUT2D eigenvalue weighted by Gasteiger charge is -2.12. The SMILES string of the molecule is CCOc1ccc(CC2CCNC2)c(C)c1.